The van der Waals surface area contributed by atoms with Crippen LogP contribution in [-0.4, -0.2) is 29.6 Å². The van der Waals surface area contributed by atoms with Crippen molar-refractivity contribution in [3.63, 3.8) is 0 Å². The molecule has 2 rings (SSSR count). The van der Waals surface area contributed by atoms with Crippen LogP contribution < -0.4 is 10.0 Å². The lowest BCUT2D eigenvalue weighted by Gasteiger charge is -2.10. The van der Waals surface area contributed by atoms with Gasteiger partial charge in [-0.2, -0.15) is 5.10 Å². The number of H-pyrrole nitrogens is 1. The van der Waals surface area contributed by atoms with Gasteiger partial charge in [-0.05, 0) is 38.1 Å². The molecule has 0 unspecified atom stereocenters. The average Bonchev–Trinajstić information content (AvgIpc) is 2.88. The molecule has 108 valence electrons. The van der Waals surface area contributed by atoms with Crippen molar-refractivity contribution in [1.29, 1.82) is 0 Å². The van der Waals surface area contributed by atoms with Crippen molar-refractivity contribution >= 4 is 15.7 Å². The molecule has 3 N–H and O–H groups in total. The van der Waals surface area contributed by atoms with Gasteiger partial charge < -0.3 is 5.32 Å². The van der Waals surface area contributed by atoms with Gasteiger partial charge in [-0.1, -0.05) is 0 Å². The summed E-state index contributed by atoms with van der Waals surface area (Å²) in [6.45, 7) is 4.06. The van der Waals surface area contributed by atoms with E-state index < -0.39 is 10.0 Å². The molecule has 0 bridgehead atoms. The van der Waals surface area contributed by atoms with E-state index in [1.165, 1.54) is 6.33 Å². The molecule has 1 heterocycles. The molecule has 0 radical (unpaired) electrons. The third-order valence-corrected chi connectivity index (χ3v) is 4.15. The van der Waals surface area contributed by atoms with Gasteiger partial charge in [-0.25, -0.2) is 18.1 Å². The SMILES string of the molecule is CC(C)NS(=O)(=O)c1ccc(NCc2ncn[nH]2)cc1. The molecule has 1 aromatic heterocycles. The number of nitrogens with zero attached hydrogens (tertiary/aromatic N) is 2. The fraction of sp³-hybridized carbons (Fsp3) is 0.333. The molecule has 0 atom stereocenters. The van der Waals surface area contributed by atoms with Gasteiger partial charge in [0.15, 0.2) is 0 Å². The number of anilines is 1. The van der Waals surface area contributed by atoms with Gasteiger partial charge in [0.05, 0.1) is 11.4 Å². The highest BCUT2D eigenvalue weighted by Gasteiger charge is 2.14. The summed E-state index contributed by atoms with van der Waals surface area (Å²) in [5.74, 6) is 0.711. The van der Waals surface area contributed by atoms with E-state index >= 15 is 0 Å². The quantitative estimate of drug-likeness (QED) is 0.741. The van der Waals surface area contributed by atoms with Crippen LogP contribution in [0.5, 0.6) is 0 Å². The van der Waals surface area contributed by atoms with Crippen LogP contribution in [0.3, 0.4) is 0 Å². The number of hydrogen-bond acceptors (Lipinski definition) is 5. The van der Waals surface area contributed by atoms with E-state index in [4.69, 9.17) is 0 Å². The molecular formula is C12H17N5O2S. The lowest BCUT2D eigenvalue weighted by molar-refractivity contribution is 0.570. The molecular weight excluding hydrogens is 278 g/mol. The molecule has 0 spiro atoms. The van der Waals surface area contributed by atoms with Crippen LogP contribution in [0.2, 0.25) is 0 Å². The maximum absolute atomic E-state index is 11.9. The van der Waals surface area contributed by atoms with Crippen molar-refractivity contribution in [2.45, 2.75) is 31.3 Å². The highest BCUT2D eigenvalue weighted by molar-refractivity contribution is 7.89. The normalized spacial score (nSPS) is 11.8. The predicted octanol–water partition coefficient (Wildman–Crippen LogP) is 1.10. The van der Waals surface area contributed by atoms with Crippen LogP contribution in [0.15, 0.2) is 35.5 Å². The maximum atomic E-state index is 11.9. The van der Waals surface area contributed by atoms with Crippen LogP contribution in [0, 0.1) is 0 Å². The van der Waals surface area contributed by atoms with Gasteiger partial charge in [0, 0.05) is 11.7 Å². The molecule has 0 saturated heterocycles. The highest BCUT2D eigenvalue weighted by atomic mass is 32.2. The number of hydrogen-bond donors (Lipinski definition) is 3. The molecule has 0 saturated carbocycles. The van der Waals surface area contributed by atoms with E-state index in [0.717, 1.165) is 5.69 Å². The summed E-state index contributed by atoms with van der Waals surface area (Å²) in [7, 11) is -3.44. The predicted molar refractivity (Wildman–Crippen MR) is 75.6 cm³/mol. The minimum atomic E-state index is -3.44. The molecule has 1 aromatic carbocycles. The van der Waals surface area contributed by atoms with Crippen molar-refractivity contribution in [2.75, 3.05) is 5.32 Å². The highest BCUT2D eigenvalue weighted by Crippen LogP contribution is 2.14. The summed E-state index contributed by atoms with van der Waals surface area (Å²) in [5.41, 5.74) is 0.810. The second-order valence-corrected chi connectivity index (χ2v) is 6.30. The molecule has 20 heavy (non-hydrogen) atoms. The summed E-state index contributed by atoms with van der Waals surface area (Å²) >= 11 is 0. The fourth-order valence-corrected chi connectivity index (χ4v) is 2.88. The Kier molecular flexibility index (Phi) is 4.35. The topological polar surface area (TPSA) is 99.8 Å². The van der Waals surface area contributed by atoms with Gasteiger partial charge in [-0.3, -0.25) is 5.10 Å². The molecule has 8 heteroatoms. The zero-order chi connectivity index (χ0) is 14.6. The zero-order valence-electron chi connectivity index (χ0n) is 11.3. The first-order chi connectivity index (χ1) is 9.47. The van der Waals surface area contributed by atoms with Gasteiger partial charge in [-0.15, -0.1) is 0 Å². The number of nitrogens with one attached hydrogen (secondary N) is 3. The number of aromatic amines is 1. The standard InChI is InChI=1S/C12H17N5O2S/c1-9(2)17-20(18,19)11-5-3-10(4-6-11)13-7-12-14-8-15-16-12/h3-6,8-9,13,17H,7H2,1-2H3,(H,14,15,16). The Bertz CT molecular complexity index is 635. The van der Waals surface area contributed by atoms with E-state index in [2.05, 4.69) is 25.2 Å². The van der Waals surface area contributed by atoms with Gasteiger partial charge in [0.1, 0.15) is 12.2 Å². The first-order valence-corrected chi connectivity index (χ1v) is 7.66. The molecule has 2 aromatic rings. The molecule has 0 aliphatic carbocycles. The van der Waals surface area contributed by atoms with Crippen LogP contribution in [-0.2, 0) is 16.6 Å². The smallest absolute Gasteiger partial charge is 0.240 e. The van der Waals surface area contributed by atoms with Gasteiger partial charge >= 0.3 is 0 Å². The summed E-state index contributed by atoms with van der Waals surface area (Å²) in [6.07, 6.45) is 1.43. The number of sulfonamides is 1. The Morgan fingerprint density at radius 3 is 2.50 bits per heavy atom. The van der Waals surface area contributed by atoms with Crippen molar-refractivity contribution in [3.8, 4) is 0 Å². The van der Waals surface area contributed by atoms with Crippen molar-refractivity contribution in [2.24, 2.45) is 0 Å². The second kappa shape index (κ2) is 6.02. The van der Waals surface area contributed by atoms with Crippen LogP contribution in [0.4, 0.5) is 5.69 Å². The van der Waals surface area contributed by atoms with Gasteiger partial charge in [0.25, 0.3) is 0 Å². The summed E-state index contributed by atoms with van der Waals surface area (Å²) < 4.78 is 26.4. The average molecular weight is 295 g/mol. The Morgan fingerprint density at radius 1 is 1.25 bits per heavy atom. The first kappa shape index (κ1) is 14.5. The van der Waals surface area contributed by atoms with Crippen LogP contribution in [0.25, 0.3) is 0 Å². The van der Waals surface area contributed by atoms with E-state index in [9.17, 15) is 8.42 Å². The van der Waals surface area contributed by atoms with Crippen LogP contribution >= 0.6 is 0 Å². The van der Waals surface area contributed by atoms with E-state index in [0.29, 0.717) is 12.4 Å². The van der Waals surface area contributed by atoms with Crippen molar-refractivity contribution < 1.29 is 8.42 Å². The molecule has 0 fully saturated rings. The molecule has 0 aliphatic heterocycles. The van der Waals surface area contributed by atoms with Crippen LogP contribution in [0.1, 0.15) is 19.7 Å². The zero-order valence-corrected chi connectivity index (χ0v) is 12.1. The van der Waals surface area contributed by atoms with Crippen molar-refractivity contribution in [3.05, 3.63) is 36.4 Å². The first-order valence-electron chi connectivity index (χ1n) is 6.18. The van der Waals surface area contributed by atoms with Crippen molar-refractivity contribution in [1.82, 2.24) is 19.9 Å². The summed E-state index contributed by atoms with van der Waals surface area (Å²) in [4.78, 5) is 4.23. The number of aromatic nitrogens is 3. The fourth-order valence-electron chi connectivity index (χ4n) is 1.63. The maximum Gasteiger partial charge on any atom is 0.240 e. The Balaban J connectivity index is 2.02. The van der Waals surface area contributed by atoms with E-state index in [1.54, 1.807) is 38.1 Å². The Labute approximate surface area is 117 Å². The third-order valence-electron chi connectivity index (χ3n) is 2.48. The lowest BCUT2D eigenvalue weighted by Crippen LogP contribution is -2.30. The molecule has 7 nitrogen and oxygen atoms in total. The number of rotatable bonds is 6. The third kappa shape index (κ3) is 3.78. The largest absolute Gasteiger partial charge is 0.378 e. The molecule has 0 aliphatic rings. The van der Waals surface area contributed by atoms with E-state index in [-0.39, 0.29) is 10.9 Å². The van der Waals surface area contributed by atoms with E-state index in [1.807, 2.05) is 0 Å². The molecule has 0 amide bonds. The summed E-state index contributed by atoms with van der Waals surface area (Å²) in [6, 6.07) is 6.42. The Hall–Kier alpha value is -1.93. The lowest BCUT2D eigenvalue weighted by atomic mass is 10.3. The minimum absolute atomic E-state index is 0.135. The van der Waals surface area contributed by atoms with Gasteiger partial charge in [0.2, 0.25) is 10.0 Å². The second-order valence-electron chi connectivity index (χ2n) is 4.59. The Morgan fingerprint density at radius 2 is 1.95 bits per heavy atom. The minimum Gasteiger partial charge on any atom is -0.378 e. The summed E-state index contributed by atoms with van der Waals surface area (Å²) in [5, 5.41) is 9.60. The number of benzene rings is 1. The monoisotopic (exact) mass is 295 g/mol.